The van der Waals surface area contributed by atoms with Crippen LogP contribution in [-0.2, 0) is 0 Å². The van der Waals surface area contributed by atoms with Crippen LogP contribution in [0.2, 0.25) is 0 Å². The molecule has 2 unspecified atom stereocenters. The van der Waals surface area contributed by atoms with Crippen LogP contribution in [0, 0.1) is 5.92 Å². The lowest BCUT2D eigenvalue weighted by Gasteiger charge is -2.26. The van der Waals surface area contributed by atoms with Gasteiger partial charge in [-0.05, 0) is 64.3 Å². The molecule has 2 fully saturated rings. The van der Waals surface area contributed by atoms with Gasteiger partial charge < -0.3 is 10.6 Å². The van der Waals surface area contributed by atoms with Crippen LogP contribution in [0.3, 0.4) is 0 Å². The maximum Gasteiger partial charge on any atom is 0.0223 e. The van der Waals surface area contributed by atoms with E-state index in [1.807, 2.05) is 0 Å². The Morgan fingerprint density at radius 1 is 1.24 bits per heavy atom. The Balaban J connectivity index is 1.76. The number of hydrogen-bond donors (Lipinski definition) is 1. The summed E-state index contributed by atoms with van der Waals surface area (Å²) in [5.74, 6) is 0.734. The van der Waals surface area contributed by atoms with Gasteiger partial charge in [0.25, 0.3) is 0 Å². The average molecular weight is 239 g/mol. The Morgan fingerprint density at radius 3 is 2.82 bits per heavy atom. The molecule has 2 saturated heterocycles. The fourth-order valence-electron chi connectivity index (χ4n) is 3.34. The molecule has 0 aromatic carbocycles. The fourth-order valence-corrected chi connectivity index (χ4v) is 3.34. The molecule has 0 bridgehead atoms. The molecule has 2 heterocycles. The van der Waals surface area contributed by atoms with Gasteiger partial charge in [-0.1, -0.05) is 13.3 Å². The minimum atomic E-state index is 0.734. The molecular formula is C14H29N3. The Morgan fingerprint density at radius 2 is 2.06 bits per heavy atom. The van der Waals surface area contributed by atoms with Crippen LogP contribution >= 0.6 is 0 Å². The highest BCUT2D eigenvalue weighted by Gasteiger charge is 2.28. The lowest BCUT2D eigenvalue weighted by molar-refractivity contribution is 0.210. The molecule has 0 spiro atoms. The fraction of sp³-hybridized carbons (Fsp3) is 1.00. The molecule has 2 atom stereocenters. The predicted molar refractivity (Wildman–Crippen MR) is 73.1 cm³/mol. The van der Waals surface area contributed by atoms with Crippen LogP contribution < -0.4 is 5.73 Å². The quantitative estimate of drug-likeness (QED) is 0.790. The molecule has 0 saturated carbocycles. The largest absolute Gasteiger partial charge is 0.330 e. The highest BCUT2D eigenvalue weighted by atomic mass is 15.3. The molecule has 2 aliphatic rings. The first kappa shape index (κ1) is 13.3. The molecule has 3 nitrogen and oxygen atoms in total. The van der Waals surface area contributed by atoms with Gasteiger partial charge >= 0.3 is 0 Å². The number of fused-ring (bicyclic) bond motifs is 1. The van der Waals surface area contributed by atoms with Gasteiger partial charge in [0.15, 0.2) is 0 Å². The van der Waals surface area contributed by atoms with Crippen molar-refractivity contribution < 1.29 is 0 Å². The summed E-state index contributed by atoms with van der Waals surface area (Å²) in [6.07, 6.45) is 6.72. The van der Waals surface area contributed by atoms with Gasteiger partial charge in [-0.3, -0.25) is 4.90 Å². The molecule has 2 rings (SSSR count). The van der Waals surface area contributed by atoms with Gasteiger partial charge in [0.1, 0.15) is 0 Å². The van der Waals surface area contributed by atoms with E-state index in [9.17, 15) is 0 Å². The summed E-state index contributed by atoms with van der Waals surface area (Å²) in [5, 5.41) is 0. The van der Waals surface area contributed by atoms with E-state index in [1.54, 1.807) is 0 Å². The Hall–Kier alpha value is -0.120. The van der Waals surface area contributed by atoms with E-state index in [1.165, 1.54) is 64.8 Å². The molecule has 17 heavy (non-hydrogen) atoms. The summed E-state index contributed by atoms with van der Waals surface area (Å²) >= 11 is 0. The molecule has 0 radical (unpaired) electrons. The zero-order chi connectivity index (χ0) is 12.1. The van der Waals surface area contributed by atoms with Gasteiger partial charge in [0, 0.05) is 12.6 Å². The second kappa shape index (κ2) is 6.72. The van der Waals surface area contributed by atoms with Gasteiger partial charge in [-0.15, -0.1) is 0 Å². The van der Waals surface area contributed by atoms with Gasteiger partial charge in [0.05, 0.1) is 0 Å². The maximum atomic E-state index is 5.79. The number of rotatable bonds is 5. The Kier molecular flexibility index (Phi) is 5.26. The normalized spacial score (nSPS) is 28.9. The first-order valence-corrected chi connectivity index (χ1v) is 7.50. The van der Waals surface area contributed by atoms with Gasteiger partial charge in [0.2, 0.25) is 0 Å². The van der Waals surface area contributed by atoms with E-state index in [4.69, 9.17) is 5.73 Å². The monoisotopic (exact) mass is 239 g/mol. The van der Waals surface area contributed by atoms with Crippen molar-refractivity contribution in [2.45, 2.75) is 45.1 Å². The summed E-state index contributed by atoms with van der Waals surface area (Å²) < 4.78 is 0. The van der Waals surface area contributed by atoms with Crippen LogP contribution in [0.25, 0.3) is 0 Å². The lowest BCUT2D eigenvalue weighted by Crippen LogP contribution is -2.37. The minimum absolute atomic E-state index is 0.734. The molecule has 0 amide bonds. The van der Waals surface area contributed by atoms with Crippen LogP contribution in [-0.4, -0.2) is 55.1 Å². The Bertz CT molecular complexity index is 216. The topological polar surface area (TPSA) is 32.5 Å². The zero-order valence-electron chi connectivity index (χ0n) is 11.4. The van der Waals surface area contributed by atoms with Crippen LogP contribution in [0.4, 0.5) is 0 Å². The molecule has 0 aliphatic carbocycles. The maximum absolute atomic E-state index is 5.79. The van der Waals surface area contributed by atoms with E-state index in [0.717, 1.165) is 18.5 Å². The van der Waals surface area contributed by atoms with E-state index in [-0.39, 0.29) is 0 Å². The molecule has 100 valence electrons. The molecule has 3 heteroatoms. The SMILES string of the molecule is CCC(CN)CCN1CCCN2CCCC2C1. The van der Waals surface area contributed by atoms with Crippen molar-refractivity contribution >= 4 is 0 Å². The van der Waals surface area contributed by atoms with Crippen LogP contribution in [0.5, 0.6) is 0 Å². The summed E-state index contributed by atoms with van der Waals surface area (Å²) in [7, 11) is 0. The standard InChI is InChI=1S/C14H29N3/c1-2-13(11-15)6-10-16-7-4-9-17-8-3-5-14(17)12-16/h13-14H,2-12,15H2,1H3. The lowest BCUT2D eigenvalue weighted by atomic mass is 10.0. The first-order chi connectivity index (χ1) is 8.33. The second-order valence-electron chi connectivity index (χ2n) is 5.78. The molecule has 2 N–H and O–H groups in total. The third-order valence-corrected chi connectivity index (χ3v) is 4.65. The Labute approximate surface area is 106 Å². The predicted octanol–water partition coefficient (Wildman–Crippen LogP) is 1.53. The zero-order valence-corrected chi connectivity index (χ0v) is 11.4. The number of nitrogens with zero attached hydrogens (tertiary/aromatic N) is 2. The highest BCUT2D eigenvalue weighted by Crippen LogP contribution is 2.21. The van der Waals surface area contributed by atoms with Crippen molar-refractivity contribution in [2.24, 2.45) is 11.7 Å². The molecule has 2 aliphatic heterocycles. The van der Waals surface area contributed by atoms with Gasteiger partial charge in [-0.25, -0.2) is 0 Å². The van der Waals surface area contributed by atoms with Crippen molar-refractivity contribution in [1.82, 2.24) is 9.80 Å². The third kappa shape index (κ3) is 3.67. The van der Waals surface area contributed by atoms with Crippen molar-refractivity contribution in [3.8, 4) is 0 Å². The number of nitrogens with two attached hydrogens (primary N) is 1. The second-order valence-corrected chi connectivity index (χ2v) is 5.78. The third-order valence-electron chi connectivity index (χ3n) is 4.65. The van der Waals surface area contributed by atoms with E-state index >= 15 is 0 Å². The van der Waals surface area contributed by atoms with E-state index in [2.05, 4.69) is 16.7 Å². The van der Waals surface area contributed by atoms with Crippen LogP contribution in [0.15, 0.2) is 0 Å². The minimum Gasteiger partial charge on any atom is -0.330 e. The summed E-state index contributed by atoms with van der Waals surface area (Å²) in [5.41, 5.74) is 5.79. The van der Waals surface area contributed by atoms with Crippen molar-refractivity contribution in [1.29, 1.82) is 0 Å². The molecule has 0 aromatic heterocycles. The smallest absolute Gasteiger partial charge is 0.0223 e. The summed E-state index contributed by atoms with van der Waals surface area (Å²) in [6.45, 7) is 9.67. The van der Waals surface area contributed by atoms with Crippen molar-refractivity contribution in [3.63, 3.8) is 0 Å². The molecular weight excluding hydrogens is 210 g/mol. The first-order valence-electron chi connectivity index (χ1n) is 7.50. The molecule has 0 aromatic rings. The summed E-state index contributed by atoms with van der Waals surface area (Å²) in [6, 6.07) is 0.857. The van der Waals surface area contributed by atoms with E-state index < -0.39 is 0 Å². The highest BCUT2D eigenvalue weighted by molar-refractivity contribution is 4.85. The number of hydrogen-bond acceptors (Lipinski definition) is 3. The average Bonchev–Trinajstić information content (AvgIpc) is 2.69. The van der Waals surface area contributed by atoms with Crippen molar-refractivity contribution in [2.75, 3.05) is 39.3 Å². The van der Waals surface area contributed by atoms with Gasteiger partial charge in [-0.2, -0.15) is 0 Å². The van der Waals surface area contributed by atoms with Crippen molar-refractivity contribution in [3.05, 3.63) is 0 Å². The van der Waals surface area contributed by atoms with E-state index in [0.29, 0.717) is 0 Å². The van der Waals surface area contributed by atoms with Crippen LogP contribution in [0.1, 0.15) is 39.0 Å². The summed E-state index contributed by atoms with van der Waals surface area (Å²) in [4.78, 5) is 5.40.